The minimum absolute atomic E-state index is 0.0221. The summed E-state index contributed by atoms with van der Waals surface area (Å²) in [4.78, 5) is 85.7. The molecule has 1 spiro atoms. The molecule has 2 heterocycles. The number of ether oxygens (including phenoxy) is 7. The quantitative estimate of drug-likeness (QED) is 0.200. The third kappa shape index (κ3) is 5.96. The highest BCUT2D eigenvalue weighted by atomic mass is 16.7. The topological polar surface area (TPSA) is 184 Å². The molecule has 14 nitrogen and oxygen atoms in total. The van der Waals surface area contributed by atoms with Gasteiger partial charge in [-0.15, -0.1) is 0 Å². The largest absolute Gasteiger partial charge is 0.456 e. The minimum Gasteiger partial charge on any atom is -0.456 e. The van der Waals surface area contributed by atoms with Gasteiger partial charge in [0, 0.05) is 46.6 Å². The first-order valence-electron chi connectivity index (χ1n) is 12.0. The lowest BCUT2D eigenvalue weighted by Crippen LogP contribution is -2.66. The van der Waals surface area contributed by atoms with E-state index in [0.717, 1.165) is 48.5 Å². The summed E-state index contributed by atoms with van der Waals surface area (Å²) in [6.45, 7) is 7.17. The molecule has 0 saturated carbocycles. The van der Waals surface area contributed by atoms with Crippen LogP contribution in [0.1, 0.15) is 74.7 Å². The number of carbonyl (C=O) groups is 7. The van der Waals surface area contributed by atoms with Crippen molar-refractivity contribution in [3.05, 3.63) is 16.7 Å². The van der Waals surface area contributed by atoms with Gasteiger partial charge in [-0.25, -0.2) is 0 Å². The highest BCUT2D eigenvalue weighted by Gasteiger charge is 2.62. The van der Waals surface area contributed by atoms with Crippen molar-refractivity contribution in [3.8, 4) is 17.2 Å². The van der Waals surface area contributed by atoms with Crippen molar-refractivity contribution in [3.63, 3.8) is 0 Å². The van der Waals surface area contributed by atoms with Gasteiger partial charge in [0.15, 0.2) is 35.3 Å². The van der Waals surface area contributed by atoms with Crippen molar-refractivity contribution in [2.24, 2.45) is 0 Å². The first kappa shape index (κ1) is 30.2. The van der Waals surface area contributed by atoms with Crippen molar-refractivity contribution < 1.29 is 66.7 Å². The Morgan fingerprint density at radius 1 is 0.675 bits per heavy atom. The molecule has 0 bridgehead atoms. The molecule has 0 amide bonds. The van der Waals surface area contributed by atoms with E-state index in [-0.39, 0.29) is 28.2 Å². The number of benzene rings is 1. The number of hydrogen-bond acceptors (Lipinski definition) is 14. The zero-order valence-corrected chi connectivity index (χ0v) is 22.9. The van der Waals surface area contributed by atoms with Crippen LogP contribution in [0.2, 0.25) is 0 Å². The van der Waals surface area contributed by atoms with Crippen molar-refractivity contribution in [1.82, 2.24) is 0 Å². The molecule has 0 N–H and O–H groups in total. The molecule has 0 aliphatic carbocycles. The van der Waals surface area contributed by atoms with Gasteiger partial charge in [0.05, 0.1) is 6.61 Å². The molecule has 40 heavy (non-hydrogen) atoms. The Morgan fingerprint density at radius 3 is 1.68 bits per heavy atom. The number of rotatable bonds is 7. The molecule has 4 atom stereocenters. The zero-order chi connectivity index (χ0) is 30.1. The van der Waals surface area contributed by atoms with Gasteiger partial charge >= 0.3 is 29.8 Å². The molecule has 0 unspecified atom stereocenters. The summed E-state index contributed by atoms with van der Waals surface area (Å²) in [7, 11) is 0. The van der Waals surface area contributed by atoms with Gasteiger partial charge in [-0.1, -0.05) is 0 Å². The maximum Gasteiger partial charge on any atom is 0.308 e. The fraction of sp³-hybridized carbons (Fsp3) is 0.500. The van der Waals surface area contributed by atoms with E-state index in [1.54, 1.807) is 0 Å². The molecule has 0 radical (unpaired) electrons. The molecule has 1 aromatic carbocycles. The number of carbonyl (C=O) groups excluding carboxylic acids is 7. The monoisotopic (exact) mass is 564 g/mol. The van der Waals surface area contributed by atoms with Crippen molar-refractivity contribution in [2.75, 3.05) is 6.61 Å². The van der Waals surface area contributed by atoms with Gasteiger partial charge in [-0.2, -0.15) is 0 Å². The Morgan fingerprint density at radius 2 is 1.20 bits per heavy atom. The minimum atomic E-state index is -2.03. The SMILES string of the molecule is CC(=O)Oc1c2c(c(C(C)=O)c(OC(C)=O)c1C(C)=O)O[C@]1(C2)OC[C@@H](OC(C)=O)[C@@H](OC(C)=O)[C@@H]1OC(C)=O. The second-order valence-electron chi connectivity index (χ2n) is 9.17. The van der Waals surface area contributed by atoms with E-state index in [1.165, 1.54) is 0 Å². The summed E-state index contributed by atoms with van der Waals surface area (Å²) in [5, 5.41) is 0. The smallest absolute Gasteiger partial charge is 0.308 e. The van der Waals surface area contributed by atoms with Crippen LogP contribution in [0.3, 0.4) is 0 Å². The second-order valence-corrected chi connectivity index (χ2v) is 9.17. The summed E-state index contributed by atoms with van der Waals surface area (Å²) in [5.74, 6) is -8.77. The third-order valence-corrected chi connectivity index (χ3v) is 5.85. The van der Waals surface area contributed by atoms with E-state index in [0.29, 0.717) is 0 Å². The fourth-order valence-corrected chi connectivity index (χ4v) is 4.67. The summed E-state index contributed by atoms with van der Waals surface area (Å²) >= 11 is 0. The Kier molecular flexibility index (Phi) is 8.63. The Bertz CT molecular complexity index is 1310. The van der Waals surface area contributed by atoms with Crippen LogP contribution in [0.15, 0.2) is 0 Å². The summed E-state index contributed by atoms with van der Waals surface area (Å²) in [6, 6.07) is 0. The van der Waals surface area contributed by atoms with Gasteiger partial charge in [0.1, 0.15) is 16.9 Å². The Hall–Kier alpha value is -4.33. The molecule has 2 aliphatic rings. The maximum atomic E-state index is 12.9. The lowest BCUT2D eigenvalue weighted by atomic mass is 9.90. The van der Waals surface area contributed by atoms with Gasteiger partial charge in [0.2, 0.25) is 6.10 Å². The molecule has 1 fully saturated rings. The molecular weight excluding hydrogens is 536 g/mol. The Balaban J connectivity index is 2.33. The first-order valence-corrected chi connectivity index (χ1v) is 12.0. The van der Waals surface area contributed by atoms with Gasteiger partial charge in [-0.3, -0.25) is 33.6 Å². The number of fused-ring (bicyclic) bond motifs is 1. The highest BCUT2D eigenvalue weighted by Crippen LogP contribution is 2.53. The van der Waals surface area contributed by atoms with Crippen LogP contribution in [-0.4, -0.2) is 72.1 Å². The number of hydrogen-bond donors (Lipinski definition) is 0. The predicted molar refractivity (Wildman–Crippen MR) is 129 cm³/mol. The van der Waals surface area contributed by atoms with Gasteiger partial charge in [-0.05, 0) is 13.8 Å². The summed E-state index contributed by atoms with van der Waals surface area (Å²) in [5.41, 5.74) is -0.755. The van der Waals surface area contributed by atoms with Crippen LogP contribution in [-0.2, 0) is 49.3 Å². The molecular formula is C26H28O14. The molecule has 1 aromatic rings. The van der Waals surface area contributed by atoms with E-state index in [2.05, 4.69) is 0 Å². The number of Topliss-reactive ketones (excluding diaryl/α,β-unsaturated/α-hetero) is 2. The second kappa shape index (κ2) is 11.4. The molecule has 216 valence electrons. The Labute approximate surface area is 228 Å². The van der Waals surface area contributed by atoms with Crippen LogP contribution in [0.4, 0.5) is 0 Å². The first-order chi connectivity index (χ1) is 18.6. The van der Waals surface area contributed by atoms with Gasteiger partial charge < -0.3 is 33.2 Å². The van der Waals surface area contributed by atoms with Crippen LogP contribution in [0.5, 0.6) is 17.2 Å². The highest BCUT2D eigenvalue weighted by molar-refractivity contribution is 6.09. The van der Waals surface area contributed by atoms with E-state index in [1.807, 2.05) is 0 Å². The summed E-state index contributed by atoms with van der Waals surface area (Å²) in [6.07, 6.45) is -4.67. The van der Waals surface area contributed by atoms with Crippen LogP contribution >= 0.6 is 0 Å². The average Bonchev–Trinajstić information content (AvgIpc) is 3.16. The predicted octanol–water partition coefficient (Wildman–Crippen LogP) is 1.40. The van der Waals surface area contributed by atoms with Gasteiger partial charge in [0.25, 0.3) is 5.79 Å². The van der Waals surface area contributed by atoms with Crippen molar-refractivity contribution in [2.45, 2.75) is 79.0 Å². The maximum absolute atomic E-state index is 12.9. The number of esters is 5. The number of ketones is 2. The van der Waals surface area contributed by atoms with Crippen molar-refractivity contribution >= 4 is 41.4 Å². The van der Waals surface area contributed by atoms with Crippen molar-refractivity contribution in [1.29, 1.82) is 0 Å². The van der Waals surface area contributed by atoms with Crippen LogP contribution in [0, 0.1) is 0 Å². The van der Waals surface area contributed by atoms with E-state index >= 15 is 0 Å². The van der Waals surface area contributed by atoms with Crippen LogP contribution < -0.4 is 14.2 Å². The standard InChI is InChI=1S/C26H28O14/c1-10(27)19-21(36-13(4)30)17-8-26(40-22(17)20(11(2)28)24(19)38-15(6)32)25(39-16(7)33)23(37-14(5)31)18(9-34-26)35-12(3)29/h18,23,25H,8-9H2,1-7H3/t18-,23-,25+,26+/m1/s1. The summed E-state index contributed by atoms with van der Waals surface area (Å²) < 4.78 is 38.8. The molecule has 3 rings (SSSR count). The molecule has 0 aromatic heterocycles. The third-order valence-electron chi connectivity index (χ3n) is 5.85. The van der Waals surface area contributed by atoms with E-state index in [4.69, 9.17) is 33.2 Å². The lowest BCUT2D eigenvalue weighted by Gasteiger charge is -2.45. The van der Waals surface area contributed by atoms with E-state index < -0.39 is 84.3 Å². The van der Waals surface area contributed by atoms with E-state index in [9.17, 15) is 33.6 Å². The average molecular weight is 564 g/mol. The fourth-order valence-electron chi connectivity index (χ4n) is 4.67. The normalized spacial score (nSPS) is 22.8. The molecule has 2 aliphatic heterocycles. The molecule has 1 saturated heterocycles. The van der Waals surface area contributed by atoms with Crippen LogP contribution in [0.25, 0.3) is 0 Å². The zero-order valence-electron chi connectivity index (χ0n) is 22.9. The lowest BCUT2D eigenvalue weighted by molar-refractivity contribution is -0.307. The molecule has 14 heteroatoms.